The largest absolute Gasteiger partial charge is 0.381 e. The number of ether oxygens (including phenoxy) is 1. The molecule has 0 amide bonds. The number of nitrogens with one attached hydrogen (secondary N) is 1. The molecule has 0 aromatic heterocycles. The third-order valence-electron chi connectivity index (χ3n) is 3.44. The Bertz CT molecular complexity index is 150. The Kier molecular flexibility index (Phi) is 4.26. The summed E-state index contributed by atoms with van der Waals surface area (Å²) in [5.41, 5.74) is 0. The summed E-state index contributed by atoms with van der Waals surface area (Å²) in [7, 11) is 0. The second kappa shape index (κ2) is 5.72. The van der Waals surface area contributed by atoms with E-state index < -0.39 is 0 Å². The summed E-state index contributed by atoms with van der Waals surface area (Å²) in [5, 5.41) is 3.45. The van der Waals surface area contributed by atoms with Crippen LogP contribution in [0.25, 0.3) is 0 Å². The van der Waals surface area contributed by atoms with Gasteiger partial charge in [-0.2, -0.15) is 0 Å². The molecule has 0 bridgehead atoms. The van der Waals surface area contributed by atoms with Crippen molar-refractivity contribution in [3.63, 3.8) is 0 Å². The standard InChI is InChI=1S/C12H23NO/c1-2-12(10-13-7-1)6-9-14-8-5-11-3-4-11/h11-13H,1-10H2. The van der Waals surface area contributed by atoms with Crippen LogP contribution in [-0.4, -0.2) is 26.3 Å². The maximum absolute atomic E-state index is 5.66. The number of piperidine rings is 1. The highest BCUT2D eigenvalue weighted by Crippen LogP contribution is 2.32. The van der Waals surface area contributed by atoms with Crippen molar-refractivity contribution in [2.24, 2.45) is 11.8 Å². The Hall–Kier alpha value is -0.0800. The Balaban J connectivity index is 1.41. The average Bonchev–Trinajstić information content (AvgIpc) is 3.03. The van der Waals surface area contributed by atoms with Gasteiger partial charge in [0.25, 0.3) is 0 Å². The van der Waals surface area contributed by atoms with E-state index in [9.17, 15) is 0 Å². The molecule has 2 rings (SSSR count). The molecule has 82 valence electrons. The number of rotatable bonds is 6. The molecular formula is C12H23NO. The van der Waals surface area contributed by atoms with Crippen molar-refractivity contribution < 1.29 is 4.74 Å². The predicted octanol–water partition coefficient (Wildman–Crippen LogP) is 2.19. The molecule has 2 fully saturated rings. The number of hydrogen-bond donors (Lipinski definition) is 1. The second-order valence-electron chi connectivity index (χ2n) is 4.85. The highest BCUT2D eigenvalue weighted by atomic mass is 16.5. The van der Waals surface area contributed by atoms with E-state index in [0.29, 0.717) is 0 Å². The zero-order chi connectivity index (χ0) is 9.64. The van der Waals surface area contributed by atoms with E-state index in [-0.39, 0.29) is 0 Å². The lowest BCUT2D eigenvalue weighted by atomic mass is 9.97. The van der Waals surface area contributed by atoms with Crippen molar-refractivity contribution in [3.8, 4) is 0 Å². The second-order valence-corrected chi connectivity index (χ2v) is 4.85. The van der Waals surface area contributed by atoms with Crippen LogP contribution >= 0.6 is 0 Å². The SMILES string of the molecule is C1CNCC(CCOCCC2CC2)C1. The fraction of sp³-hybridized carbons (Fsp3) is 1.00. The van der Waals surface area contributed by atoms with Gasteiger partial charge in [-0.05, 0) is 50.6 Å². The first-order valence-corrected chi connectivity index (χ1v) is 6.23. The van der Waals surface area contributed by atoms with Crippen LogP contribution in [0.1, 0.15) is 38.5 Å². The van der Waals surface area contributed by atoms with Gasteiger partial charge in [-0.1, -0.05) is 12.8 Å². The van der Waals surface area contributed by atoms with Crippen LogP contribution in [0.2, 0.25) is 0 Å². The highest BCUT2D eigenvalue weighted by molar-refractivity contribution is 4.72. The summed E-state index contributed by atoms with van der Waals surface area (Å²) in [4.78, 5) is 0. The summed E-state index contributed by atoms with van der Waals surface area (Å²) in [6.07, 6.45) is 8.23. The van der Waals surface area contributed by atoms with Gasteiger partial charge in [0.05, 0.1) is 0 Å². The van der Waals surface area contributed by atoms with Gasteiger partial charge in [0, 0.05) is 13.2 Å². The quantitative estimate of drug-likeness (QED) is 0.659. The van der Waals surface area contributed by atoms with Gasteiger partial charge < -0.3 is 10.1 Å². The normalized spacial score (nSPS) is 27.9. The maximum atomic E-state index is 5.66. The van der Waals surface area contributed by atoms with Gasteiger partial charge in [0.1, 0.15) is 0 Å². The van der Waals surface area contributed by atoms with Gasteiger partial charge in [0.15, 0.2) is 0 Å². The third-order valence-corrected chi connectivity index (χ3v) is 3.44. The smallest absolute Gasteiger partial charge is 0.0469 e. The van der Waals surface area contributed by atoms with Gasteiger partial charge in [0.2, 0.25) is 0 Å². The van der Waals surface area contributed by atoms with Crippen LogP contribution in [0.3, 0.4) is 0 Å². The van der Waals surface area contributed by atoms with Crippen LogP contribution in [0.15, 0.2) is 0 Å². The van der Waals surface area contributed by atoms with Gasteiger partial charge in [-0.3, -0.25) is 0 Å². The Morgan fingerprint density at radius 3 is 2.43 bits per heavy atom. The summed E-state index contributed by atoms with van der Waals surface area (Å²) >= 11 is 0. The average molecular weight is 197 g/mol. The van der Waals surface area contributed by atoms with E-state index >= 15 is 0 Å². The molecule has 1 aliphatic carbocycles. The van der Waals surface area contributed by atoms with Crippen molar-refractivity contribution in [2.45, 2.75) is 38.5 Å². The molecule has 1 N–H and O–H groups in total. The highest BCUT2D eigenvalue weighted by Gasteiger charge is 2.20. The van der Waals surface area contributed by atoms with E-state index in [1.165, 1.54) is 51.6 Å². The van der Waals surface area contributed by atoms with E-state index in [4.69, 9.17) is 4.74 Å². The zero-order valence-corrected chi connectivity index (χ0v) is 9.13. The molecular weight excluding hydrogens is 174 g/mol. The lowest BCUT2D eigenvalue weighted by Gasteiger charge is -2.22. The topological polar surface area (TPSA) is 21.3 Å². The predicted molar refractivity (Wildman–Crippen MR) is 58.4 cm³/mol. The lowest BCUT2D eigenvalue weighted by molar-refractivity contribution is 0.111. The summed E-state index contributed by atoms with van der Waals surface area (Å²) in [5.74, 6) is 1.90. The van der Waals surface area contributed by atoms with Crippen molar-refractivity contribution in [1.82, 2.24) is 5.32 Å². The molecule has 1 atom stereocenters. The number of hydrogen-bond acceptors (Lipinski definition) is 2. The van der Waals surface area contributed by atoms with E-state index in [1.54, 1.807) is 0 Å². The molecule has 0 aromatic carbocycles. The first kappa shape index (κ1) is 10.4. The van der Waals surface area contributed by atoms with E-state index in [2.05, 4.69) is 5.32 Å². The maximum Gasteiger partial charge on any atom is 0.0469 e. The molecule has 0 spiro atoms. The molecule has 0 radical (unpaired) electrons. The zero-order valence-electron chi connectivity index (χ0n) is 9.13. The first-order chi connectivity index (χ1) is 6.95. The van der Waals surface area contributed by atoms with Crippen molar-refractivity contribution in [1.29, 1.82) is 0 Å². The molecule has 1 aliphatic heterocycles. The summed E-state index contributed by atoms with van der Waals surface area (Å²) < 4.78 is 5.66. The summed E-state index contributed by atoms with van der Waals surface area (Å²) in [6, 6.07) is 0. The monoisotopic (exact) mass is 197 g/mol. The Labute approximate surface area is 87.4 Å². The molecule has 1 saturated heterocycles. The van der Waals surface area contributed by atoms with Crippen molar-refractivity contribution in [3.05, 3.63) is 0 Å². The van der Waals surface area contributed by atoms with Gasteiger partial charge >= 0.3 is 0 Å². The third kappa shape index (κ3) is 3.97. The van der Waals surface area contributed by atoms with Crippen LogP contribution in [0.5, 0.6) is 0 Å². The minimum atomic E-state index is 0.879. The molecule has 2 aliphatic rings. The first-order valence-electron chi connectivity index (χ1n) is 6.23. The molecule has 1 unspecified atom stereocenters. The molecule has 0 aromatic rings. The van der Waals surface area contributed by atoms with Crippen molar-refractivity contribution in [2.75, 3.05) is 26.3 Å². The Morgan fingerprint density at radius 2 is 1.79 bits per heavy atom. The lowest BCUT2D eigenvalue weighted by Crippen LogP contribution is -2.30. The van der Waals surface area contributed by atoms with Gasteiger partial charge in [-0.15, -0.1) is 0 Å². The van der Waals surface area contributed by atoms with E-state index in [0.717, 1.165) is 25.0 Å². The summed E-state index contributed by atoms with van der Waals surface area (Å²) in [6.45, 7) is 4.43. The van der Waals surface area contributed by atoms with Crippen LogP contribution < -0.4 is 5.32 Å². The van der Waals surface area contributed by atoms with Gasteiger partial charge in [-0.25, -0.2) is 0 Å². The van der Waals surface area contributed by atoms with Crippen LogP contribution in [0.4, 0.5) is 0 Å². The van der Waals surface area contributed by atoms with Crippen molar-refractivity contribution >= 4 is 0 Å². The molecule has 1 heterocycles. The minimum absolute atomic E-state index is 0.879. The molecule has 1 saturated carbocycles. The van der Waals surface area contributed by atoms with E-state index in [1.807, 2.05) is 0 Å². The molecule has 2 heteroatoms. The molecule has 2 nitrogen and oxygen atoms in total. The molecule has 14 heavy (non-hydrogen) atoms. The fourth-order valence-corrected chi connectivity index (χ4v) is 2.18. The Morgan fingerprint density at radius 1 is 1.00 bits per heavy atom. The fourth-order valence-electron chi connectivity index (χ4n) is 2.18. The minimum Gasteiger partial charge on any atom is -0.381 e. The van der Waals surface area contributed by atoms with Crippen LogP contribution in [0, 0.1) is 11.8 Å². The van der Waals surface area contributed by atoms with Crippen LogP contribution in [-0.2, 0) is 4.74 Å².